The normalized spacial score (nSPS) is 11.9. The third-order valence-electron chi connectivity index (χ3n) is 2.89. The summed E-state index contributed by atoms with van der Waals surface area (Å²) in [6.45, 7) is 3.27. The predicted molar refractivity (Wildman–Crippen MR) is 77.0 cm³/mol. The molecule has 21 heavy (non-hydrogen) atoms. The second kappa shape index (κ2) is 6.70. The van der Waals surface area contributed by atoms with Crippen LogP contribution >= 0.6 is 0 Å². The van der Waals surface area contributed by atoms with Gasteiger partial charge < -0.3 is 5.11 Å². The van der Waals surface area contributed by atoms with Crippen molar-refractivity contribution in [3.8, 4) is 6.07 Å². The minimum Gasteiger partial charge on any atom is -0.481 e. The molecule has 0 aliphatic heterocycles. The van der Waals surface area contributed by atoms with Crippen LogP contribution in [0.2, 0.25) is 0 Å². The summed E-state index contributed by atoms with van der Waals surface area (Å²) in [6, 6.07) is 8.02. The second-order valence-corrected chi connectivity index (χ2v) is 7.04. The van der Waals surface area contributed by atoms with Crippen molar-refractivity contribution in [2.75, 3.05) is 0 Å². The van der Waals surface area contributed by atoms with Crippen LogP contribution in [0, 0.1) is 11.3 Å². The highest BCUT2D eigenvalue weighted by molar-refractivity contribution is 7.89. The topological polar surface area (TPSA) is 107 Å². The van der Waals surface area contributed by atoms with Gasteiger partial charge in [-0.3, -0.25) is 4.79 Å². The van der Waals surface area contributed by atoms with Crippen molar-refractivity contribution in [1.29, 1.82) is 5.26 Å². The number of nitrogens with zero attached hydrogens (tertiary/aromatic N) is 1. The van der Waals surface area contributed by atoms with E-state index in [4.69, 9.17) is 10.4 Å². The molecule has 1 aromatic carbocycles. The number of carbonyl (C=O) groups is 1. The monoisotopic (exact) mass is 310 g/mol. The van der Waals surface area contributed by atoms with Gasteiger partial charge in [0.25, 0.3) is 0 Å². The summed E-state index contributed by atoms with van der Waals surface area (Å²) < 4.78 is 27.0. The number of nitrogens with one attached hydrogen (secondary N) is 1. The lowest BCUT2D eigenvalue weighted by molar-refractivity contribution is -0.137. The van der Waals surface area contributed by atoms with Crippen molar-refractivity contribution in [1.82, 2.24) is 4.72 Å². The molecule has 0 atom stereocenters. The number of hydrogen-bond donors (Lipinski definition) is 2. The van der Waals surface area contributed by atoms with Crippen molar-refractivity contribution in [3.63, 3.8) is 0 Å². The summed E-state index contributed by atoms with van der Waals surface area (Å²) in [5, 5.41) is 17.2. The maximum atomic E-state index is 12.2. The van der Waals surface area contributed by atoms with Crippen molar-refractivity contribution in [2.45, 2.75) is 43.5 Å². The van der Waals surface area contributed by atoms with Gasteiger partial charge in [-0.05, 0) is 38.0 Å². The van der Waals surface area contributed by atoms with Gasteiger partial charge in [-0.25, -0.2) is 13.1 Å². The lowest BCUT2D eigenvalue weighted by Gasteiger charge is -2.25. The number of nitriles is 1. The van der Waals surface area contributed by atoms with Crippen LogP contribution in [0.25, 0.3) is 0 Å². The molecule has 0 saturated carbocycles. The molecule has 0 unspecified atom stereocenters. The number of carboxylic acids is 1. The fourth-order valence-electron chi connectivity index (χ4n) is 1.77. The first-order chi connectivity index (χ1) is 9.66. The molecule has 0 bridgehead atoms. The van der Waals surface area contributed by atoms with E-state index < -0.39 is 21.5 Å². The van der Waals surface area contributed by atoms with Gasteiger partial charge in [-0.1, -0.05) is 12.1 Å². The van der Waals surface area contributed by atoms with Gasteiger partial charge in [0.2, 0.25) is 10.0 Å². The van der Waals surface area contributed by atoms with Gasteiger partial charge in [-0.2, -0.15) is 5.26 Å². The van der Waals surface area contributed by atoms with E-state index in [0.29, 0.717) is 0 Å². The van der Waals surface area contributed by atoms with E-state index in [1.165, 1.54) is 12.1 Å². The lowest BCUT2D eigenvalue weighted by atomic mass is 10.0. The zero-order chi connectivity index (χ0) is 16.1. The molecule has 0 aliphatic carbocycles. The number of sulfonamides is 1. The molecule has 1 aromatic rings. The molecule has 0 saturated heterocycles. The lowest BCUT2D eigenvalue weighted by Crippen LogP contribution is -2.43. The smallest absolute Gasteiger partial charge is 0.303 e. The molecule has 0 fully saturated rings. The number of hydrogen-bond acceptors (Lipinski definition) is 4. The molecule has 0 aliphatic rings. The van der Waals surface area contributed by atoms with Crippen LogP contribution in [0.1, 0.15) is 32.3 Å². The highest BCUT2D eigenvalue weighted by Gasteiger charge is 2.26. The summed E-state index contributed by atoms with van der Waals surface area (Å²) >= 11 is 0. The van der Waals surface area contributed by atoms with E-state index >= 15 is 0 Å². The molecule has 0 amide bonds. The fourth-order valence-corrected chi connectivity index (χ4v) is 3.21. The Kier molecular flexibility index (Phi) is 5.47. The molecular formula is C14H18N2O4S. The standard InChI is InChI=1S/C14H18N2O4S/c1-14(2,9-7-13(17)18)16-21(19,20)12-5-3-11(4-6-12)8-10-15/h3-6,16H,7-9H2,1-2H3,(H,17,18). The Morgan fingerprint density at radius 1 is 1.33 bits per heavy atom. The van der Waals surface area contributed by atoms with Crippen LogP contribution in [0.5, 0.6) is 0 Å². The Labute approximate surface area is 124 Å². The minimum atomic E-state index is -3.72. The molecule has 1 rings (SSSR count). The highest BCUT2D eigenvalue weighted by Crippen LogP contribution is 2.18. The molecule has 0 heterocycles. The molecule has 114 valence electrons. The minimum absolute atomic E-state index is 0.0904. The van der Waals surface area contributed by atoms with E-state index in [1.807, 2.05) is 6.07 Å². The average Bonchev–Trinajstić information content (AvgIpc) is 2.36. The summed E-state index contributed by atoms with van der Waals surface area (Å²) in [4.78, 5) is 10.7. The predicted octanol–water partition coefficient (Wildman–Crippen LogP) is 1.67. The Morgan fingerprint density at radius 2 is 1.90 bits per heavy atom. The van der Waals surface area contributed by atoms with Gasteiger partial charge in [0.1, 0.15) is 0 Å². The highest BCUT2D eigenvalue weighted by atomic mass is 32.2. The molecule has 0 aromatic heterocycles. The van der Waals surface area contributed by atoms with Crippen LogP contribution in [-0.2, 0) is 21.2 Å². The number of carboxylic acid groups (broad SMARTS) is 1. The Morgan fingerprint density at radius 3 is 2.38 bits per heavy atom. The number of aliphatic carboxylic acids is 1. The third kappa shape index (κ3) is 5.53. The molecule has 0 radical (unpaired) electrons. The van der Waals surface area contributed by atoms with Crippen molar-refractivity contribution < 1.29 is 18.3 Å². The van der Waals surface area contributed by atoms with E-state index in [-0.39, 0.29) is 24.2 Å². The first-order valence-electron chi connectivity index (χ1n) is 6.38. The zero-order valence-electron chi connectivity index (χ0n) is 12.0. The number of rotatable bonds is 7. The fraction of sp³-hybridized carbons (Fsp3) is 0.429. The van der Waals surface area contributed by atoms with Crippen LogP contribution in [0.15, 0.2) is 29.2 Å². The van der Waals surface area contributed by atoms with Gasteiger partial charge >= 0.3 is 5.97 Å². The van der Waals surface area contributed by atoms with E-state index in [0.717, 1.165) is 5.56 Å². The maximum absolute atomic E-state index is 12.2. The van der Waals surface area contributed by atoms with E-state index in [2.05, 4.69) is 4.72 Å². The molecule has 6 nitrogen and oxygen atoms in total. The Bertz CT molecular complexity index is 643. The van der Waals surface area contributed by atoms with Crippen molar-refractivity contribution in [2.24, 2.45) is 0 Å². The average molecular weight is 310 g/mol. The van der Waals surface area contributed by atoms with Crippen LogP contribution in [-0.4, -0.2) is 25.0 Å². The maximum Gasteiger partial charge on any atom is 0.303 e. The van der Waals surface area contributed by atoms with Gasteiger partial charge in [0.15, 0.2) is 0 Å². The zero-order valence-corrected chi connectivity index (χ0v) is 12.8. The summed E-state index contributed by atoms with van der Waals surface area (Å²) in [7, 11) is -3.72. The molecule has 0 spiro atoms. The van der Waals surface area contributed by atoms with Crippen LogP contribution < -0.4 is 4.72 Å². The molecular weight excluding hydrogens is 292 g/mol. The van der Waals surface area contributed by atoms with Crippen molar-refractivity contribution in [3.05, 3.63) is 29.8 Å². The first-order valence-corrected chi connectivity index (χ1v) is 7.86. The summed E-state index contributed by atoms with van der Waals surface area (Å²) in [5.41, 5.74) is -0.121. The van der Waals surface area contributed by atoms with Crippen LogP contribution in [0.4, 0.5) is 0 Å². The first kappa shape index (κ1) is 17.1. The SMILES string of the molecule is CC(C)(CCC(=O)O)NS(=O)(=O)c1ccc(CC#N)cc1. The van der Waals surface area contributed by atoms with Gasteiger partial charge in [0.05, 0.1) is 17.4 Å². The van der Waals surface area contributed by atoms with E-state index in [1.54, 1.807) is 26.0 Å². The number of benzene rings is 1. The van der Waals surface area contributed by atoms with Gasteiger partial charge in [0, 0.05) is 12.0 Å². The van der Waals surface area contributed by atoms with Gasteiger partial charge in [-0.15, -0.1) is 0 Å². The quantitative estimate of drug-likeness (QED) is 0.796. The van der Waals surface area contributed by atoms with Crippen molar-refractivity contribution >= 4 is 16.0 Å². The molecule has 7 heteroatoms. The molecule has 2 N–H and O–H groups in total. The second-order valence-electron chi connectivity index (χ2n) is 5.36. The Balaban J connectivity index is 2.85. The third-order valence-corrected chi connectivity index (χ3v) is 4.61. The largest absolute Gasteiger partial charge is 0.481 e. The van der Waals surface area contributed by atoms with Crippen LogP contribution in [0.3, 0.4) is 0 Å². The summed E-state index contributed by atoms with van der Waals surface area (Å²) in [6.07, 6.45) is 0.294. The van der Waals surface area contributed by atoms with E-state index in [9.17, 15) is 13.2 Å². The Hall–Kier alpha value is -1.91. The summed E-state index contributed by atoms with van der Waals surface area (Å²) in [5.74, 6) is -0.969.